The van der Waals surface area contributed by atoms with Crippen LogP contribution in [0.5, 0.6) is 0 Å². The number of aryl methyl sites for hydroxylation is 1. The fourth-order valence-electron chi connectivity index (χ4n) is 3.49. The number of hydrogen-bond donors (Lipinski definition) is 0. The molecule has 0 atom stereocenters. The summed E-state index contributed by atoms with van der Waals surface area (Å²) >= 11 is 7.63. The van der Waals surface area contributed by atoms with Gasteiger partial charge in [-0.2, -0.15) is 5.10 Å². The first kappa shape index (κ1) is 15.0. The van der Waals surface area contributed by atoms with Gasteiger partial charge in [0.1, 0.15) is 11.5 Å². The number of aromatic nitrogens is 3. The Kier molecular flexibility index (Phi) is 3.40. The van der Waals surface area contributed by atoms with Crippen LogP contribution in [-0.4, -0.2) is 14.8 Å². The molecule has 6 heteroatoms. The molecule has 0 aliphatic carbocycles. The Morgan fingerprint density at radius 2 is 2.00 bits per heavy atom. The molecule has 1 aliphatic rings. The highest BCUT2D eigenvalue weighted by Gasteiger charge is 2.24. The molecule has 124 valence electrons. The van der Waals surface area contributed by atoms with E-state index in [0.717, 1.165) is 52.0 Å². The SMILES string of the molecule is Fc1ccc(-c2nn3c(c2-c2ccc4ncsc4c2)CCC3)cc1Cl. The van der Waals surface area contributed by atoms with Crippen molar-refractivity contribution in [3.8, 4) is 22.4 Å². The van der Waals surface area contributed by atoms with Crippen LogP contribution in [0.2, 0.25) is 5.02 Å². The number of thiazole rings is 1. The molecule has 4 aromatic rings. The van der Waals surface area contributed by atoms with Gasteiger partial charge >= 0.3 is 0 Å². The van der Waals surface area contributed by atoms with E-state index in [1.165, 1.54) is 11.8 Å². The minimum Gasteiger partial charge on any atom is -0.268 e. The summed E-state index contributed by atoms with van der Waals surface area (Å²) in [6.45, 7) is 0.917. The molecule has 0 N–H and O–H groups in total. The summed E-state index contributed by atoms with van der Waals surface area (Å²) < 4.78 is 16.8. The number of benzene rings is 2. The van der Waals surface area contributed by atoms with Crippen molar-refractivity contribution in [2.75, 3.05) is 0 Å². The Morgan fingerprint density at radius 1 is 1.12 bits per heavy atom. The molecule has 0 amide bonds. The molecule has 0 unspecified atom stereocenters. The van der Waals surface area contributed by atoms with Gasteiger partial charge in [0.25, 0.3) is 0 Å². The molecule has 2 aromatic carbocycles. The Labute approximate surface area is 152 Å². The number of nitrogens with zero attached hydrogens (tertiary/aromatic N) is 3. The van der Waals surface area contributed by atoms with Crippen LogP contribution in [0.1, 0.15) is 12.1 Å². The van der Waals surface area contributed by atoms with Crippen molar-refractivity contribution in [2.45, 2.75) is 19.4 Å². The van der Waals surface area contributed by atoms with Crippen LogP contribution in [0.25, 0.3) is 32.6 Å². The van der Waals surface area contributed by atoms with Crippen molar-refractivity contribution >= 4 is 33.2 Å². The van der Waals surface area contributed by atoms with Crippen LogP contribution in [0, 0.1) is 5.82 Å². The first-order valence-electron chi connectivity index (χ1n) is 8.09. The average molecular weight is 370 g/mol. The fraction of sp³-hybridized carbons (Fsp3) is 0.158. The highest BCUT2D eigenvalue weighted by molar-refractivity contribution is 7.16. The molecule has 0 bridgehead atoms. The van der Waals surface area contributed by atoms with Gasteiger partial charge < -0.3 is 0 Å². The first-order valence-corrected chi connectivity index (χ1v) is 9.35. The zero-order valence-corrected chi connectivity index (χ0v) is 14.7. The second-order valence-corrected chi connectivity index (χ2v) is 7.45. The highest BCUT2D eigenvalue weighted by Crippen LogP contribution is 2.39. The van der Waals surface area contributed by atoms with Crippen molar-refractivity contribution < 1.29 is 4.39 Å². The molecule has 2 aromatic heterocycles. The second-order valence-electron chi connectivity index (χ2n) is 6.16. The molecule has 1 aliphatic heterocycles. The molecule has 0 saturated carbocycles. The quantitative estimate of drug-likeness (QED) is 0.462. The fourth-order valence-corrected chi connectivity index (χ4v) is 4.39. The van der Waals surface area contributed by atoms with Crippen molar-refractivity contribution in [1.29, 1.82) is 0 Å². The molecule has 0 radical (unpaired) electrons. The Hall–Kier alpha value is -2.24. The lowest BCUT2D eigenvalue weighted by Gasteiger charge is -2.07. The molecule has 0 saturated heterocycles. The maximum absolute atomic E-state index is 13.6. The zero-order chi connectivity index (χ0) is 17.0. The molecule has 5 rings (SSSR count). The largest absolute Gasteiger partial charge is 0.268 e. The van der Waals surface area contributed by atoms with Gasteiger partial charge in [-0.1, -0.05) is 17.7 Å². The van der Waals surface area contributed by atoms with E-state index < -0.39 is 5.82 Å². The molecule has 25 heavy (non-hydrogen) atoms. The van der Waals surface area contributed by atoms with Gasteiger partial charge in [-0.3, -0.25) is 4.68 Å². The Bertz CT molecular complexity index is 1120. The summed E-state index contributed by atoms with van der Waals surface area (Å²) in [6.07, 6.45) is 2.10. The van der Waals surface area contributed by atoms with Crippen LogP contribution >= 0.6 is 22.9 Å². The summed E-state index contributed by atoms with van der Waals surface area (Å²) in [4.78, 5) is 4.35. The van der Waals surface area contributed by atoms with Crippen LogP contribution in [0.15, 0.2) is 41.9 Å². The van der Waals surface area contributed by atoms with Crippen LogP contribution in [-0.2, 0) is 13.0 Å². The predicted octanol–water partition coefficient (Wildman–Crippen LogP) is 5.57. The van der Waals surface area contributed by atoms with Gasteiger partial charge in [0, 0.05) is 23.4 Å². The maximum atomic E-state index is 13.6. The molecular weight excluding hydrogens is 357 g/mol. The standard InChI is InChI=1S/C19H13ClFN3S/c20-13-8-12(3-5-14(13)21)19-18(16-2-1-7-24(16)23-19)11-4-6-15-17(9-11)25-10-22-15/h3-6,8-10H,1-2,7H2. The maximum Gasteiger partial charge on any atom is 0.141 e. The van der Waals surface area contributed by atoms with E-state index in [1.54, 1.807) is 23.5 Å². The summed E-state index contributed by atoms with van der Waals surface area (Å²) in [5.74, 6) is -0.412. The van der Waals surface area contributed by atoms with E-state index in [-0.39, 0.29) is 5.02 Å². The molecule has 0 fully saturated rings. The second kappa shape index (κ2) is 5.64. The average Bonchev–Trinajstić information content (AvgIpc) is 3.31. The lowest BCUT2D eigenvalue weighted by molar-refractivity contribution is 0.628. The number of rotatable bonds is 2. The van der Waals surface area contributed by atoms with Crippen LogP contribution in [0.4, 0.5) is 4.39 Å². The van der Waals surface area contributed by atoms with E-state index in [2.05, 4.69) is 21.8 Å². The number of fused-ring (bicyclic) bond motifs is 2. The van der Waals surface area contributed by atoms with Crippen molar-refractivity contribution in [3.05, 3.63) is 58.4 Å². The normalized spacial score (nSPS) is 13.5. The van der Waals surface area contributed by atoms with Gasteiger partial charge in [-0.25, -0.2) is 9.37 Å². The zero-order valence-electron chi connectivity index (χ0n) is 13.2. The van der Waals surface area contributed by atoms with Gasteiger partial charge in [0.15, 0.2) is 0 Å². The third kappa shape index (κ3) is 2.38. The first-order chi connectivity index (χ1) is 12.2. The lowest BCUT2D eigenvalue weighted by atomic mass is 9.97. The topological polar surface area (TPSA) is 30.7 Å². The van der Waals surface area contributed by atoms with Crippen molar-refractivity contribution in [1.82, 2.24) is 14.8 Å². The smallest absolute Gasteiger partial charge is 0.141 e. The van der Waals surface area contributed by atoms with Gasteiger partial charge in [0.05, 0.1) is 20.7 Å². The van der Waals surface area contributed by atoms with E-state index in [4.69, 9.17) is 16.7 Å². The van der Waals surface area contributed by atoms with Gasteiger partial charge in [0.2, 0.25) is 0 Å². The Balaban J connectivity index is 1.76. The molecule has 3 nitrogen and oxygen atoms in total. The monoisotopic (exact) mass is 369 g/mol. The predicted molar refractivity (Wildman–Crippen MR) is 99.6 cm³/mol. The van der Waals surface area contributed by atoms with Gasteiger partial charge in [-0.05, 0) is 48.7 Å². The molecule has 0 spiro atoms. The summed E-state index contributed by atoms with van der Waals surface area (Å²) in [5.41, 5.74) is 8.04. The molecule has 3 heterocycles. The minimum absolute atomic E-state index is 0.120. The van der Waals surface area contributed by atoms with Gasteiger partial charge in [-0.15, -0.1) is 11.3 Å². The van der Waals surface area contributed by atoms with E-state index in [9.17, 15) is 4.39 Å². The van der Waals surface area contributed by atoms with E-state index in [0.29, 0.717) is 0 Å². The van der Waals surface area contributed by atoms with Crippen LogP contribution < -0.4 is 0 Å². The lowest BCUT2D eigenvalue weighted by Crippen LogP contribution is -1.94. The third-order valence-corrected chi connectivity index (χ3v) is 5.74. The summed E-state index contributed by atoms with van der Waals surface area (Å²) in [5, 5.41) is 4.92. The molecular formula is C19H13ClFN3S. The number of hydrogen-bond acceptors (Lipinski definition) is 3. The minimum atomic E-state index is -0.412. The van der Waals surface area contributed by atoms with Crippen molar-refractivity contribution in [2.24, 2.45) is 0 Å². The summed E-state index contributed by atoms with van der Waals surface area (Å²) in [6, 6.07) is 11.1. The van der Waals surface area contributed by atoms with E-state index >= 15 is 0 Å². The van der Waals surface area contributed by atoms with E-state index in [1.807, 2.05) is 11.6 Å². The summed E-state index contributed by atoms with van der Waals surface area (Å²) in [7, 11) is 0. The van der Waals surface area contributed by atoms with Crippen molar-refractivity contribution in [3.63, 3.8) is 0 Å². The highest BCUT2D eigenvalue weighted by atomic mass is 35.5. The number of halogens is 2. The third-order valence-electron chi connectivity index (χ3n) is 4.65. The Morgan fingerprint density at radius 3 is 2.88 bits per heavy atom. The van der Waals surface area contributed by atoms with Crippen LogP contribution in [0.3, 0.4) is 0 Å².